The molecule has 6 heterocycles. The maximum absolute atomic E-state index is 11.0. The van der Waals surface area contributed by atoms with Crippen molar-refractivity contribution in [2.75, 3.05) is 0 Å². The van der Waals surface area contributed by atoms with E-state index >= 15 is 0 Å². The fourth-order valence-electron chi connectivity index (χ4n) is 3.53. The third kappa shape index (κ3) is 4.47. The molecule has 36 heavy (non-hydrogen) atoms. The Labute approximate surface area is 228 Å². The first-order valence-electron chi connectivity index (χ1n) is 10.3. The lowest BCUT2D eigenvalue weighted by atomic mass is 10.3. The van der Waals surface area contributed by atoms with E-state index in [-0.39, 0.29) is 19.8 Å². The van der Waals surface area contributed by atoms with E-state index in [2.05, 4.69) is 36.4 Å². The molecule has 0 spiro atoms. The minimum Gasteiger partial charge on any atom is -0.258 e. The van der Waals surface area contributed by atoms with Gasteiger partial charge in [0.05, 0.1) is 19.6 Å². The topological polar surface area (TPSA) is 86.3 Å². The first-order valence-corrected chi connectivity index (χ1v) is 15.2. The summed E-state index contributed by atoms with van der Waals surface area (Å²) in [5, 5.41) is 22.3. The maximum atomic E-state index is 11.0. The quantitative estimate of drug-likeness (QED) is 0.138. The number of nitro groups is 2. The number of hydrogen-bond acceptors (Lipinski definition) is 10. The van der Waals surface area contributed by atoms with Crippen LogP contribution in [0.4, 0.5) is 10.0 Å². The van der Waals surface area contributed by atoms with Crippen LogP contribution in [0.1, 0.15) is 0 Å². The van der Waals surface area contributed by atoms with Gasteiger partial charge in [0.2, 0.25) is 0 Å². The minimum absolute atomic E-state index is 0.154. The second kappa shape index (κ2) is 9.47. The van der Waals surface area contributed by atoms with Crippen molar-refractivity contribution < 1.29 is 9.85 Å². The summed E-state index contributed by atoms with van der Waals surface area (Å²) in [6.45, 7) is 0. The monoisotopic (exact) mass is 584 g/mol. The van der Waals surface area contributed by atoms with Gasteiger partial charge in [0.1, 0.15) is 0 Å². The molecule has 0 aromatic carbocycles. The van der Waals surface area contributed by atoms with Gasteiger partial charge in [-0.05, 0) is 60.7 Å². The van der Waals surface area contributed by atoms with E-state index in [1.165, 1.54) is 42.2 Å². The largest absolute Gasteiger partial charge is 0.324 e. The van der Waals surface area contributed by atoms with E-state index in [1.807, 2.05) is 12.1 Å². The van der Waals surface area contributed by atoms with Gasteiger partial charge in [-0.25, -0.2) is 0 Å². The SMILES string of the molecule is O=[N+]([O-])c1ccc(-c2ccc(-c3ccc(-c4ccc(-c5ccc(-c6ccc([N+](=O)[O-])s6)s5)s4)s3)s2)s1. The van der Waals surface area contributed by atoms with Crippen LogP contribution in [0.2, 0.25) is 0 Å². The van der Waals surface area contributed by atoms with Crippen molar-refractivity contribution in [2.45, 2.75) is 0 Å². The molecule has 178 valence electrons. The predicted octanol–water partition coefficient (Wildman–Crippen LogP) is 10.2. The van der Waals surface area contributed by atoms with Gasteiger partial charge in [0, 0.05) is 51.1 Å². The molecular formula is C24H12N2O4S6. The van der Waals surface area contributed by atoms with Gasteiger partial charge in [-0.2, -0.15) is 0 Å². The molecule has 0 aliphatic rings. The summed E-state index contributed by atoms with van der Waals surface area (Å²) in [4.78, 5) is 32.1. The van der Waals surface area contributed by atoms with Crippen LogP contribution >= 0.6 is 68.0 Å². The number of rotatable bonds is 7. The highest BCUT2D eigenvalue weighted by molar-refractivity contribution is 7.30. The molecule has 0 fully saturated rings. The average Bonchev–Trinajstić information content (AvgIpc) is 3.71. The standard InChI is InChI=1S/C24H12N2O4S6/c27-25(28)23-11-9-21(35-23)19-7-5-17(33-19)15-3-1-13(31-15)14-2-4-16(32-14)18-6-8-20(34-18)22-10-12-24(36-22)26(29)30/h1-12H. The summed E-state index contributed by atoms with van der Waals surface area (Å²) < 4.78 is 0. The van der Waals surface area contributed by atoms with Gasteiger partial charge >= 0.3 is 10.0 Å². The molecule has 0 bridgehead atoms. The fraction of sp³-hybridized carbons (Fsp3) is 0. The summed E-state index contributed by atoms with van der Waals surface area (Å²) in [5.41, 5.74) is 0. The third-order valence-electron chi connectivity index (χ3n) is 5.18. The van der Waals surface area contributed by atoms with E-state index in [9.17, 15) is 20.2 Å². The highest BCUT2D eigenvalue weighted by atomic mass is 32.1. The molecule has 0 aliphatic carbocycles. The second-order valence-corrected chi connectivity index (χ2v) is 13.9. The van der Waals surface area contributed by atoms with Crippen LogP contribution in [0.5, 0.6) is 0 Å². The van der Waals surface area contributed by atoms with Crippen LogP contribution in [0, 0.1) is 20.2 Å². The Kier molecular flexibility index (Phi) is 6.15. The molecule has 6 aromatic heterocycles. The zero-order chi connectivity index (χ0) is 24.8. The molecule has 0 saturated heterocycles. The lowest BCUT2D eigenvalue weighted by Gasteiger charge is -1.92. The Morgan fingerprint density at radius 1 is 0.361 bits per heavy atom. The van der Waals surface area contributed by atoms with Gasteiger partial charge in [-0.15, -0.1) is 45.3 Å². The van der Waals surface area contributed by atoms with Crippen LogP contribution in [0.15, 0.2) is 72.8 Å². The smallest absolute Gasteiger partial charge is 0.258 e. The second-order valence-electron chi connectivity index (χ2n) is 7.45. The van der Waals surface area contributed by atoms with Crippen molar-refractivity contribution >= 4 is 78.0 Å². The summed E-state index contributed by atoms with van der Waals surface area (Å²) in [5.74, 6) is 0. The lowest BCUT2D eigenvalue weighted by molar-refractivity contribution is -0.380. The highest BCUT2D eigenvalue weighted by Crippen LogP contribution is 2.46. The van der Waals surface area contributed by atoms with Gasteiger partial charge < -0.3 is 0 Å². The average molecular weight is 585 g/mol. The summed E-state index contributed by atoms with van der Waals surface area (Å²) >= 11 is 9.14. The van der Waals surface area contributed by atoms with E-state index in [4.69, 9.17) is 0 Å². The van der Waals surface area contributed by atoms with Gasteiger partial charge in [0.15, 0.2) is 0 Å². The van der Waals surface area contributed by atoms with Gasteiger partial charge in [-0.1, -0.05) is 22.7 Å². The van der Waals surface area contributed by atoms with Crippen LogP contribution in [0.3, 0.4) is 0 Å². The van der Waals surface area contributed by atoms with E-state index in [1.54, 1.807) is 69.6 Å². The first kappa shape index (κ1) is 23.4. The van der Waals surface area contributed by atoms with Crippen molar-refractivity contribution in [1.82, 2.24) is 0 Å². The summed E-state index contributed by atoms with van der Waals surface area (Å²) in [6.07, 6.45) is 0. The van der Waals surface area contributed by atoms with Crippen molar-refractivity contribution in [3.63, 3.8) is 0 Å². The minimum atomic E-state index is -0.352. The predicted molar refractivity (Wildman–Crippen MR) is 154 cm³/mol. The molecule has 12 heteroatoms. The van der Waals surface area contributed by atoms with E-state index in [0.29, 0.717) is 0 Å². The zero-order valence-electron chi connectivity index (χ0n) is 17.9. The Morgan fingerprint density at radius 2 is 0.556 bits per heavy atom. The molecule has 0 radical (unpaired) electrons. The Balaban J connectivity index is 1.21. The molecule has 6 aromatic rings. The molecular weight excluding hydrogens is 573 g/mol. The molecule has 0 atom stereocenters. The van der Waals surface area contributed by atoms with Crippen molar-refractivity contribution in [3.05, 3.63) is 93.0 Å². The molecule has 0 N–H and O–H groups in total. The van der Waals surface area contributed by atoms with Crippen molar-refractivity contribution in [2.24, 2.45) is 0 Å². The number of thiophene rings is 6. The summed E-state index contributed by atoms with van der Waals surface area (Å²) in [7, 11) is 0. The van der Waals surface area contributed by atoms with E-state index < -0.39 is 0 Å². The Bertz CT molecular complexity index is 1600. The number of nitrogens with zero attached hydrogens (tertiary/aromatic N) is 2. The third-order valence-corrected chi connectivity index (χ3v) is 12.6. The van der Waals surface area contributed by atoms with Gasteiger partial charge in [0.25, 0.3) is 0 Å². The first-order chi connectivity index (χ1) is 17.4. The Morgan fingerprint density at radius 3 is 0.750 bits per heavy atom. The van der Waals surface area contributed by atoms with Crippen molar-refractivity contribution in [3.8, 4) is 48.8 Å². The Hall–Kier alpha value is -3.00. The molecule has 0 unspecified atom stereocenters. The van der Waals surface area contributed by atoms with Crippen LogP contribution in [-0.4, -0.2) is 9.85 Å². The van der Waals surface area contributed by atoms with Crippen LogP contribution in [-0.2, 0) is 0 Å². The molecule has 0 amide bonds. The van der Waals surface area contributed by atoms with Crippen LogP contribution in [0.25, 0.3) is 48.8 Å². The number of hydrogen-bond donors (Lipinski definition) is 0. The highest BCUT2D eigenvalue weighted by Gasteiger charge is 2.16. The molecule has 0 saturated carbocycles. The molecule has 6 nitrogen and oxygen atoms in total. The maximum Gasteiger partial charge on any atom is 0.324 e. The fourth-order valence-corrected chi connectivity index (χ4v) is 9.64. The van der Waals surface area contributed by atoms with Crippen LogP contribution < -0.4 is 0 Å². The van der Waals surface area contributed by atoms with E-state index in [0.717, 1.165) is 29.3 Å². The lowest BCUT2D eigenvalue weighted by Crippen LogP contribution is -1.80. The normalized spacial score (nSPS) is 11.2. The van der Waals surface area contributed by atoms with Gasteiger partial charge in [-0.3, -0.25) is 20.2 Å². The molecule has 6 rings (SSSR count). The molecule has 0 aliphatic heterocycles. The summed E-state index contributed by atoms with van der Waals surface area (Å²) in [6, 6.07) is 23.4. The zero-order valence-corrected chi connectivity index (χ0v) is 22.8. The van der Waals surface area contributed by atoms with Crippen molar-refractivity contribution in [1.29, 1.82) is 0 Å².